The van der Waals surface area contributed by atoms with E-state index in [1.54, 1.807) is 19.9 Å². The number of aromatic nitrogens is 2. The molecule has 138 valence electrons. The number of carbonyl (C=O) groups excluding carboxylic acids is 2. The number of rotatable bonds is 6. The minimum absolute atomic E-state index is 0.00340. The van der Waals surface area contributed by atoms with Crippen LogP contribution in [0.1, 0.15) is 28.7 Å². The lowest BCUT2D eigenvalue weighted by molar-refractivity contribution is -0.386. The van der Waals surface area contributed by atoms with E-state index >= 15 is 0 Å². The number of nitrogens with zero attached hydrogens (tertiary/aromatic N) is 3. The molecule has 0 aliphatic rings. The van der Waals surface area contributed by atoms with Gasteiger partial charge in [0.2, 0.25) is 0 Å². The van der Waals surface area contributed by atoms with E-state index < -0.39 is 23.5 Å². The summed E-state index contributed by atoms with van der Waals surface area (Å²) in [6.45, 7) is 4.33. The normalized spacial score (nSPS) is 10.5. The first-order valence-electron chi connectivity index (χ1n) is 7.59. The summed E-state index contributed by atoms with van der Waals surface area (Å²) in [5.41, 5.74) is 0.843. The molecule has 1 aromatic carbocycles. The maximum Gasteiger partial charge on any atom is 0.344 e. The van der Waals surface area contributed by atoms with Crippen molar-refractivity contribution in [3.05, 3.63) is 50.3 Å². The third-order valence-corrected chi connectivity index (χ3v) is 3.81. The molecule has 0 fully saturated rings. The molecule has 0 radical (unpaired) electrons. The highest BCUT2D eigenvalue weighted by Gasteiger charge is 2.23. The standard InChI is InChI=1S/C16H16ClN3O6/c1-4-25-14(21)8-26-16(22)12-7-11(5-6-13(12)17)19-10(3)15(20(23)24)9(2)18-19/h5-7H,4,8H2,1-3H3. The van der Waals surface area contributed by atoms with Crippen LogP contribution in [0.4, 0.5) is 5.69 Å². The molecule has 0 aliphatic carbocycles. The second kappa shape index (κ2) is 7.96. The van der Waals surface area contributed by atoms with Crippen LogP contribution < -0.4 is 0 Å². The molecular weight excluding hydrogens is 366 g/mol. The predicted octanol–water partition coefficient (Wildman–Crippen LogP) is 2.77. The number of hydrogen-bond donors (Lipinski definition) is 0. The number of benzene rings is 1. The minimum atomic E-state index is -0.819. The molecule has 0 spiro atoms. The summed E-state index contributed by atoms with van der Waals surface area (Å²) in [7, 11) is 0. The molecule has 2 rings (SSSR count). The van der Waals surface area contributed by atoms with Gasteiger partial charge in [-0.2, -0.15) is 5.10 Å². The number of esters is 2. The van der Waals surface area contributed by atoms with Gasteiger partial charge >= 0.3 is 17.6 Å². The Morgan fingerprint density at radius 2 is 2.00 bits per heavy atom. The highest BCUT2D eigenvalue weighted by Crippen LogP contribution is 2.27. The molecule has 10 heteroatoms. The minimum Gasteiger partial charge on any atom is -0.463 e. The van der Waals surface area contributed by atoms with Crippen molar-refractivity contribution >= 4 is 29.2 Å². The van der Waals surface area contributed by atoms with E-state index in [9.17, 15) is 19.7 Å². The Morgan fingerprint density at radius 3 is 2.58 bits per heavy atom. The number of ether oxygens (including phenoxy) is 2. The van der Waals surface area contributed by atoms with E-state index in [-0.39, 0.29) is 28.6 Å². The van der Waals surface area contributed by atoms with Crippen molar-refractivity contribution in [3.63, 3.8) is 0 Å². The van der Waals surface area contributed by atoms with Crippen molar-refractivity contribution in [2.45, 2.75) is 20.8 Å². The van der Waals surface area contributed by atoms with Crippen LogP contribution in [-0.2, 0) is 14.3 Å². The zero-order valence-corrected chi connectivity index (χ0v) is 15.1. The van der Waals surface area contributed by atoms with E-state index in [2.05, 4.69) is 9.84 Å². The van der Waals surface area contributed by atoms with Crippen LogP contribution >= 0.6 is 11.6 Å². The maximum absolute atomic E-state index is 12.2. The molecule has 1 heterocycles. The quantitative estimate of drug-likeness (QED) is 0.429. The van der Waals surface area contributed by atoms with Gasteiger partial charge in [0, 0.05) is 0 Å². The monoisotopic (exact) mass is 381 g/mol. The first kappa shape index (κ1) is 19.4. The molecule has 9 nitrogen and oxygen atoms in total. The molecule has 1 aromatic heterocycles. The van der Waals surface area contributed by atoms with Crippen LogP contribution in [0.5, 0.6) is 0 Å². The lowest BCUT2D eigenvalue weighted by atomic mass is 10.2. The van der Waals surface area contributed by atoms with Crippen LogP contribution in [-0.4, -0.2) is 39.9 Å². The largest absolute Gasteiger partial charge is 0.463 e. The van der Waals surface area contributed by atoms with E-state index in [4.69, 9.17) is 16.3 Å². The van der Waals surface area contributed by atoms with Gasteiger partial charge in [-0.05, 0) is 39.0 Å². The van der Waals surface area contributed by atoms with Gasteiger partial charge in [-0.25, -0.2) is 14.3 Å². The Kier molecular flexibility index (Phi) is 5.93. The Bertz CT molecular complexity index is 877. The van der Waals surface area contributed by atoms with Gasteiger partial charge in [0.1, 0.15) is 11.4 Å². The van der Waals surface area contributed by atoms with Crippen LogP contribution in [0.2, 0.25) is 5.02 Å². The zero-order valence-electron chi connectivity index (χ0n) is 14.3. The molecule has 0 saturated heterocycles. The smallest absolute Gasteiger partial charge is 0.344 e. The third-order valence-electron chi connectivity index (χ3n) is 3.48. The molecule has 0 saturated carbocycles. The van der Waals surface area contributed by atoms with Crippen molar-refractivity contribution in [1.82, 2.24) is 9.78 Å². The molecule has 0 bridgehead atoms. The second-order valence-electron chi connectivity index (χ2n) is 5.23. The molecule has 0 N–H and O–H groups in total. The third kappa shape index (κ3) is 3.99. The molecule has 26 heavy (non-hydrogen) atoms. The van der Waals surface area contributed by atoms with E-state index in [0.717, 1.165) is 0 Å². The summed E-state index contributed by atoms with van der Waals surface area (Å²) >= 11 is 6.03. The SMILES string of the molecule is CCOC(=O)COC(=O)c1cc(-n2nc(C)c([N+](=O)[O-])c2C)ccc1Cl. The van der Waals surface area contributed by atoms with E-state index in [1.807, 2.05) is 0 Å². The van der Waals surface area contributed by atoms with Crippen LogP contribution in [0, 0.1) is 24.0 Å². The zero-order chi connectivity index (χ0) is 19.4. The fourth-order valence-corrected chi connectivity index (χ4v) is 2.55. The second-order valence-corrected chi connectivity index (χ2v) is 5.64. The molecular formula is C16H16ClN3O6. The van der Waals surface area contributed by atoms with Crippen molar-refractivity contribution in [3.8, 4) is 5.69 Å². The van der Waals surface area contributed by atoms with Crippen molar-refractivity contribution in [2.75, 3.05) is 13.2 Å². The lowest BCUT2D eigenvalue weighted by Crippen LogP contribution is -2.17. The number of hydrogen-bond acceptors (Lipinski definition) is 7. The predicted molar refractivity (Wildman–Crippen MR) is 91.6 cm³/mol. The summed E-state index contributed by atoms with van der Waals surface area (Å²) in [6.07, 6.45) is 0. The van der Waals surface area contributed by atoms with E-state index in [1.165, 1.54) is 23.7 Å². The summed E-state index contributed by atoms with van der Waals surface area (Å²) in [4.78, 5) is 34.1. The number of halogens is 1. The van der Waals surface area contributed by atoms with Gasteiger partial charge < -0.3 is 9.47 Å². The van der Waals surface area contributed by atoms with Crippen LogP contribution in [0.25, 0.3) is 5.69 Å². The fraction of sp³-hybridized carbons (Fsp3) is 0.312. The summed E-state index contributed by atoms with van der Waals surface area (Å²) in [6, 6.07) is 4.40. The summed E-state index contributed by atoms with van der Waals surface area (Å²) < 4.78 is 10.9. The molecule has 0 unspecified atom stereocenters. The number of aryl methyl sites for hydroxylation is 1. The summed E-state index contributed by atoms with van der Waals surface area (Å²) in [5.74, 6) is -1.50. The summed E-state index contributed by atoms with van der Waals surface area (Å²) in [5, 5.41) is 15.4. The van der Waals surface area contributed by atoms with Gasteiger partial charge in [-0.3, -0.25) is 10.1 Å². The van der Waals surface area contributed by atoms with Crippen molar-refractivity contribution in [1.29, 1.82) is 0 Å². The molecule has 2 aromatic rings. The van der Waals surface area contributed by atoms with Gasteiger partial charge in [0.25, 0.3) is 0 Å². The average Bonchev–Trinajstić information content (AvgIpc) is 2.88. The first-order valence-corrected chi connectivity index (χ1v) is 7.97. The lowest BCUT2D eigenvalue weighted by Gasteiger charge is -2.09. The number of carbonyl (C=O) groups is 2. The maximum atomic E-state index is 12.2. The van der Waals surface area contributed by atoms with Crippen LogP contribution in [0.15, 0.2) is 18.2 Å². The molecule has 0 aliphatic heterocycles. The topological polar surface area (TPSA) is 114 Å². The fourth-order valence-electron chi connectivity index (χ4n) is 2.36. The van der Waals surface area contributed by atoms with Crippen molar-refractivity contribution in [2.24, 2.45) is 0 Å². The Balaban J connectivity index is 2.33. The highest BCUT2D eigenvalue weighted by molar-refractivity contribution is 6.33. The van der Waals surface area contributed by atoms with E-state index in [0.29, 0.717) is 11.4 Å². The van der Waals surface area contributed by atoms with Gasteiger partial charge in [-0.15, -0.1) is 0 Å². The highest BCUT2D eigenvalue weighted by atomic mass is 35.5. The van der Waals surface area contributed by atoms with Gasteiger partial charge in [0.15, 0.2) is 6.61 Å². The Morgan fingerprint density at radius 1 is 1.31 bits per heavy atom. The molecule has 0 amide bonds. The van der Waals surface area contributed by atoms with Gasteiger partial charge in [0.05, 0.1) is 27.8 Å². The Labute approximate surface area is 153 Å². The van der Waals surface area contributed by atoms with Crippen molar-refractivity contribution < 1.29 is 24.0 Å². The van der Waals surface area contributed by atoms with Gasteiger partial charge in [-0.1, -0.05) is 11.6 Å². The van der Waals surface area contributed by atoms with Crippen LogP contribution in [0.3, 0.4) is 0 Å². The number of nitro groups is 1. The Hall–Kier alpha value is -2.94. The average molecular weight is 382 g/mol. The molecule has 0 atom stereocenters. The first-order chi connectivity index (χ1) is 12.3.